The number of halogens is 2. The molecule has 0 fully saturated rings. The summed E-state index contributed by atoms with van der Waals surface area (Å²) >= 11 is 0. The van der Waals surface area contributed by atoms with Crippen LogP contribution < -0.4 is 4.72 Å². The van der Waals surface area contributed by atoms with Crippen molar-refractivity contribution in [2.45, 2.75) is 38.5 Å². The lowest BCUT2D eigenvalue weighted by atomic mass is 10.1. The molecule has 0 heterocycles. The molecular weight excluding hydrogens is 244 g/mol. The van der Waals surface area contributed by atoms with Gasteiger partial charge in [-0.3, -0.25) is 0 Å². The van der Waals surface area contributed by atoms with Gasteiger partial charge < -0.3 is 0 Å². The van der Waals surface area contributed by atoms with Crippen LogP contribution in [0.5, 0.6) is 0 Å². The molecule has 2 nitrogen and oxygen atoms in total. The molecular formula is C12H17F2NOS. The van der Waals surface area contributed by atoms with Crippen LogP contribution in [0.4, 0.5) is 8.78 Å². The summed E-state index contributed by atoms with van der Waals surface area (Å²) in [6.07, 6.45) is 0. The summed E-state index contributed by atoms with van der Waals surface area (Å²) in [5, 5.41) is 0. The van der Waals surface area contributed by atoms with Gasteiger partial charge in [0.1, 0.15) is 11.6 Å². The first-order chi connectivity index (χ1) is 7.71. The Labute approximate surface area is 103 Å². The van der Waals surface area contributed by atoms with Crippen molar-refractivity contribution in [1.29, 1.82) is 0 Å². The second-order valence-corrected chi connectivity index (χ2v) is 6.88. The molecule has 1 N–H and O–H groups in total. The fourth-order valence-electron chi connectivity index (χ4n) is 1.25. The summed E-state index contributed by atoms with van der Waals surface area (Å²) in [5.41, 5.74) is 0.309. The van der Waals surface area contributed by atoms with Gasteiger partial charge in [-0.1, -0.05) is 6.07 Å². The molecule has 96 valence electrons. The third-order valence-corrected chi connectivity index (χ3v) is 3.95. The largest absolute Gasteiger partial charge is 0.242 e. The van der Waals surface area contributed by atoms with Gasteiger partial charge in [-0.05, 0) is 33.8 Å². The Morgan fingerprint density at radius 3 is 2.35 bits per heavy atom. The summed E-state index contributed by atoms with van der Waals surface area (Å²) in [5.74, 6) is -1.24. The molecule has 0 bridgehead atoms. The summed E-state index contributed by atoms with van der Waals surface area (Å²) in [6, 6.07) is 2.95. The van der Waals surface area contributed by atoms with Crippen LogP contribution in [0.25, 0.3) is 0 Å². The molecule has 0 saturated heterocycles. The van der Waals surface area contributed by atoms with Crippen LogP contribution in [0, 0.1) is 11.6 Å². The lowest BCUT2D eigenvalue weighted by molar-refractivity contribution is 0.551. The molecule has 0 aromatic heterocycles. The number of benzene rings is 1. The number of nitrogens with one attached hydrogen (secondary N) is 1. The van der Waals surface area contributed by atoms with Crippen molar-refractivity contribution in [2.24, 2.45) is 0 Å². The van der Waals surface area contributed by atoms with Gasteiger partial charge in [0.25, 0.3) is 0 Å². The van der Waals surface area contributed by atoms with Crippen molar-refractivity contribution >= 4 is 11.0 Å². The maximum absolute atomic E-state index is 13.5. The van der Waals surface area contributed by atoms with E-state index in [1.807, 2.05) is 20.8 Å². The first kappa shape index (κ1) is 14.3. The van der Waals surface area contributed by atoms with Gasteiger partial charge in [0.15, 0.2) is 0 Å². The van der Waals surface area contributed by atoms with Gasteiger partial charge in [-0.15, -0.1) is 0 Å². The molecule has 0 aliphatic heterocycles. The Hall–Kier alpha value is -0.810. The SMILES string of the molecule is C[C@H](N[S@](=O)C(C)(C)C)c1ccc(F)cc1F. The third kappa shape index (κ3) is 3.85. The molecule has 0 aliphatic carbocycles. The predicted molar refractivity (Wildman–Crippen MR) is 65.8 cm³/mol. The van der Waals surface area contributed by atoms with E-state index in [9.17, 15) is 13.0 Å². The highest BCUT2D eigenvalue weighted by Gasteiger charge is 2.22. The van der Waals surface area contributed by atoms with Crippen molar-refractivity contribution < 1.29 is 13.0 Å². The smallest absolute Gasteiger partial charge is 0.130 e. The van der Waals surface area contributed by atoms with Crippen molar-refractivity contribution in [3.8, 4) is 0 Å². The molecule has 1 rings (SSSR count). The molecule has 1 aromatic carbocycles. The van der Waals surface area contributed by atoms with Gasteiger partial charge >= 0.3 is 0 Å². The van der Waals surface area contributed by atoms with Crippen molar-refractivity contribution in [1.82, 2.24) is 4.72 Å². The zero-order valence-electron chi connectivity index (χ0n) is 10.4. The standard InChI is InChI=1S/C12H17F2NOS/c1-8(15-17(16)12(2,3)4)10-6-5-9(13)7-11(10)14/h5-8,15H,1-4H3/t8-,17+/m0/s1. The second kappa shape index (κ2) is 5.23. The van der Waals surface area contributed by atoms with Gasteiger partial charge in [0.2, 0.25) is 0 Å². The molecule has 17 heavy (non-hydrogen) atoms. The van der Waals surface area contributed by atoms with Crippen LogP contribution in [0.2, 0.25) is 0 Å². The zero-order chi connectivity index (χ0) is 13.2. The van der Waals surface area contributed by atoms with E-state index in [-0.39, 0.29) is 0 Å². The van der Waals surface area contributed by atoms with E-state index in [4.69, 9.17) is 0 Å². The van der Waals surface area contributed by atoms with Crippen LogP contribution in [0.15, 0.2) is 18.2 Å². The Morgan fingerprint density at radius 1 is 1.29 bits per heavy atom. The van der Waals surface area contributed by atoms with E-state index in [0.717, 1.165) is 6.07 Å². The van der Waals surface area contributed by atoms with Crippen molar-refractivity contribution in [2.75, 3.05) is 0 Å². The van der Waals surface area contributed by atoms with E-state index in [1.54, 1.807) is 6.92 Å². The van der Waals surface area contributed by atoms with Gasteiger partial charge in [0.05, 0.1) is 15.7 Å². The van der Waals surface area contributed by atoms with Crippen LogP contribution in [-0.4, -0.2) is 8.96 Å². The average Bonchev–Trinajstić information content (AvgIpc) is 2.15. The molecule has 0 radical (unpaired) electrons. The highest BCUT2D eigenvalue weighted by Crippen LogP contribution is 2.20. The highest BCUT2D eigenvalue weighted by atomic mass is 32.2. The van der Waals surface area contributed by atoms with Gasteiger partial charge in [-0.25, -0.2) is 17.7 Å². The maximum atomic E-state index is 13.5. The molecule has 1 aromatic rings. The predicted octanol–water partition coefficient (Wildman–Crippen LogP) is 3.08. The monoisotopic (exact) mass is 261 g/mol. The lowest BCUT2D eigenvalue weighted by Crippen LogP contribution is -2.35. The Balaban J connectivity index is 2.84. The van der Waals surface area contributed by atoms with Crippen LogP contribution >= 0.6 is 0 Å². The first-order valence-corrected chi connectivity index (χ1v) is 6.50. The molecule has 0 saturated carbocycles. The maximum Gasteiger partial charge on any atom is 0.130 e. The summed E-state index contributed by atoms with van der Waals surface area (Å²) in [6.45, 7) is 7.16. The fraction of sp³-hybridized carbons (Fsp3) is 0.500. The molecule has 0 aliphatic rings. The Bertz CT molecular complexity index is 429. The zero-order valence-corrected chi connectivity index (χ0v) is 11.2. The number of rotatable bonds is 3. The average molecular weight is 261 g/mol. The number of hydrogen-bond acceptors (Lipinski definition) is 1. The molecule has 0 unspecified atom stereocenters. The van der Waals surface area contributed by atoms with E-state index in [1.165, 1.54) is 12.1 Å². The van der Waals surface area contributed by atoms with Gasteiger partial charge in [-0.2, -0.15) is 0 Å². The molecule has 2 atom stereocenters. The van der Waals surface area contributed by atoms with Crippen LogP contribution in [0.1, 0.15) is 39.3 Å². The normalized spacial score (nSPS) is 15.6. The Morgan fingerprint density at radius 2 is 1.88 bits per heavy atom. The van der Waals surface area contributed by atoms with Crippen molar-refractivity contribution in [3.05, 3.63) is 35.4 Å². The lowest BCUT2D eigenvalue weighted by Gasteiger charge is -2.22. The molecule has 5 heteroatoms. The summed E-state index contributed by atoms with van der Waals surface area (Å²) in [4.78, 5) is 0. The second-order valence-electron chi connectivity index (χ2n) is 4.89. The minimum Gasteiger partial charge on any atom is -0.242 e. The summed E-state index contributed by atoms with van der Waals surface area (Å²) < 4.78 is 40.4. The van der Waals surface area contributed by atoms with E-state index in [2.05, 4.69) is 4.72 Å². The third-order valence-electron chi connectivity index (χ3n) is 2.27. The van der Waals surface area contributed by atoms with E-state index >= 15 is 0 Å². The van der Waals surface area contributed by atoms with Crippen LogP contribution in [0.3, 0.4) is 0 Å². The van der Waals surface area contributed by atoms with Crippen molar-refractivity contribution in [3.63, 3.8) is 0 Å². The molecule has 0 amide bonds. The number of hydrogen-bond donors (Lipinski definition) is 1. The minimum atomic E-state index is -1.29. The van der Waals surface area contributed by atoms with E-state index < -0.39 is 33.4 Å². The van der Waals surface area contributed by atoms with E-state index in [0.29, 0.717) is 5.56 Å². The highest BCUT2D eigenvalue weighted by molar-refractivity contribution is 7.84. The van der Waals surface area contributed by atoms with Gasteiger partial charge in [0, 0.05) is 17.7 Å². The first-order valence-electron chi connectivity index (χ1n) is 5.35. The summed E-state index contributed by atoms with van der Waals surface area (Å²) in [7, 11) is -1.29. The quantitative estimate of drug-likeness (QED) is 0.890. The topological polar surface area (TPSA) is 29.1 Å². The van der Waals surface area contributed by atoms with Crippen LogP contribution in [-0.2, 0) is 11.0 Å². The Kier molecular flexibility index (Phi) is 4.38. The minimum absolute atomic E-state index is 0.309. The molecule has 0 spiro atoms. The fourth-order valence-corrected chi connectivity index (χ4v) is 2.06.